The van der Waals surface area contributed by atoms with Gasteiger partial charge in [-0.05, 0) is 25.1 Å². The number of hydrogen-bond donors (Lipinski definition) is 1. The minimum Gasteiger partial charge on any atom is -0.414 e. The summed E-state index contributed by atoms with van der Waals surface area (Å²) in [5, 5.41) is 12.3. The average molecular weight is 464 g/mol. The number of nitrogens with zero attached hydrogens (tertiary/aromatic N) is 4. The molecule has 2 aromatic heterocycles. The molecule has 2 heterocycles. The van der Waals surface area contributed by atoms with E-state index in [1.54, 1.807) is 36.6 Å². The van der Waals surface area contributed by atoms with E-state index >= 15 is 0 Å². The summed E-state index contributed by atoms with van der Waals surface area (Å²) in [6, 6.07) is 6.58. The Morgan fingerprint density at radius 1 is 1.34 bits per heavy atom. The molecule has 3 rings (SSSR count). The quantitative estimate of drug-likeness (QED) is 0.510. The zero-order chi connectivity index (χ0) is 21.0. The van der Waals surface area contributed by atoms with Crippen LogP contribution in [0.2, 0.25) is 5.02 Å². The van der Waals surface area contributed by atoms with Crippen molar-refractivity contribution < 1.29 is 21.6 Å². The van der Waals surface area contributed by atoms with E-state index in [2.05, 4.69) is 20.5 Å². The average Bonchev–Trinajstić information content (AvgIpc) is 3.34. The Kier molecular flexibility index (Phi) is 6.65. The van der Waals surface area contributed by atoms with Crippen LogP contribution >= 0.6 is 22.9 Å². The van der Waals surface area contributed by atoms with Gasteiger partial charge in [-0.1, -0.05) is 17.7 Å². The molecule has 29 heavy (non-hydrogen) atoms. The number of rotatable bonds is 9. The van der Waals surface area contributed by atoms with Crippen LogP contribution in [-0.2, 0) is 10.0 Å². The Morgan fingerprint density at radius 3 is 2.79 bits per heavy atom. The third kappa shape index (κ3) is 5.19. The zero-order valence-corrected chi connectivity index (χ0v) is 17.4. The third-order valence-electron chi connectivity index (χ3n) is 3.74. The first kappa shape index (κ1) is 21.4. The molecule has 0 fully saturated rings. The number of sulfonamides is 1. The standard InChI is InChI=1S/C16H16ClF2N5O3S2/c1-2-29(25,26)24(11-5-3-4-10(17)8-11)7-6-20-16-21-12(9-28-16)14-22-23-15(27-14)13(18)19/h3-5,8-9,13H,2,6-7H2,1H3,(H,20,21). The normalized spacial score (nSPS) is 11.8. The largest absolute Gasteiger partial charge is 0.414 e. The summed E-state index contributed by atoms with van der Waals surface area (Å²) >= 11 is 7.18. The van der Waals surface area contributed by atoms with Gasteiger partial charge in [0.05, 0.1) is 18.0 Å². The second-order valence-corrected chi connectivity index (χ2v) is 9.14. The van der Waals surface area contributed by atoms with E-state index in [4.69, 9.17) is 16.0 Å². The van der Waals surface area contributed by atoms with E-state index < -0.39 is 22.3 Å². The van der Waals surface area contributed by atoms with Gasteiger partial charge in [0, 0.05) is 16.9 Å². The molecule has 156 valence electrons. The molecule has 0 radical (unpaired) electrons. The van der Waals surface area contributed by atoms with Gasteiger partial charge in [0.2, 0.25) is 10.0 Å². The predicted octanol–water partition coefficient (Wildman–Crippen LogP) is 4.05. The highest BCUT2D eigenvalue weighted by atomic mass is 35.5. The van der Waals surface area contributed by atoms with Gasteiger partial charge in [0.25, 0.3) is 11.8 Å². The number of hydrogen-bond acceptors (Lipinski definition) is 8. The van der Waals surface area contributed by atoms with Crippen molar-refractivity contribution >= 4 is 43.8 Å². The summed E-state index contributed by atoms with van der Waals surface area (Å²) in [4.78, 5) is 4.20. The van der Waals surface area contributed by atoms with Crippen LogP contribution in [0, 0.1) is 0 Å². The van der Waals surface area contributed by atoms with E-state index in [0.29, 0.717) is 15.8 Å². The van der Waals surface area contributed by atoms with Crippen LogP contribution in [-0.4, -0.2) is 42.4 Å². The number of alkyl halides is 2. The van der Waals surface area contributed by atoms with Crippen LogP contribution < -0.4 is 9.62 Å². The van der Waals surface area contributed by atoms with Crippen molar-refractivity contribution in [1.29, 1.82) is 0 Å². The first-order valence-corrected chi connectivity index (χ1v) is 11.2. The second kappa shape index (κ2) is 9.01. The topological polar surface area (TPSA) is 101 Å². The van der Waals surface area contributed by atoms with Crippen molar-refractivity contribution in [2.24, 2.45) is 0 Å². The lowest BCUT2D eigenvalue weighted by Gasteiger charge is -2.24. The van der Waals surface area contributed by atoms with Crippen LogP contribution in [0.3, 0.4) is 0 Å². The van der Waals surface area contributed by atoms with E-state index in [9.17, 15) is 17.2 Å². The molecular weight excluding hydrogens is 448 g/mol. The maximum absolute atomic E-state index is 12.5. The van der Waals surface area contributed by atoms with Gasteiger partial charge in [-0.3, -0.25) is 4.31 Å². The zero-order valence-electron chi connectivity index (χ0n) is 15.0. The monoisotopic (exact) mass is 463 g/mol. The fraction of sp³-hybridized carbons (Fsp3) is 0.312. The molecule has 1 aromatic carbocycles. The van der Waals surface area contributed by atoms with E-state index in [1.807, 2.05) is 0 Å². The van der Waals surface area contributed by atoms with Crippen molar-refractivity contribution in [1.82, 2.24) is 15.2 Å². The molecule has 0 aliphatic heterocycles. The smallest absolute Gasteiger partial charge is 0.314 e. The molecule has 0 bridgehead atoms. The van der Waals surface area contributed by atoms with Crippen molar-refractivity contribution in [2.75, 3.05) is 28.5 Å². The van der Waals surface area contributed by atoms with Crippen LogP contribution in [0.4, 0.5) is 19.6 Å². The molecule has 0 saturated heterocycles. The van der Waals surface area contributed by atoms with Crippen LogP contribution in [0.1, 0.15) is 19.2 Å². The molecule has 13 heteroatoms. The summed E-state index contributed by atoms with van der Waals surface area (Å²) in [5.74, 6) is -0.951. The molecule has 0 spiro atoms. The number of thiazole rings is 1. The van der Waals surface area contributed by atoms with E-state index in [1.165, 1.54) is 15.6 Å². The van der Waals surface area contributed by atoms with Gasteiger partial charge in [-0.15, -0.1) is 21.5 Å². The summed E-state index contributed by atoms with van der Waals surface area (Å²) in [6.45, 7) is 1.96. The van der Waals surface area contributed by atoms with Crippen LogP contribution in [0.5, 0.6) is 0 Å². The van der Waals surface area contributed by atoms with Gasteiger partial charge < -0.3 is 9.73 Å². The van der Waals surface area contributed by atoms with Crippen LogP contribution in [0.25, 0.3) is 11.6 Å². The molecule has 8 nitrogen and oxygen atoms in total. The van der Waals surface area contributed by atoms with Crippen molar-refractivity contribution in [3.05, 3.63) is 40.6 Å². The lowest BCUT2D eigenvalue weighted by Crippen LogP contribution is -2.36. The van der Waals surface area contributed by atoms with Crippen molar-refractivity contribution in [2.45, 2.75) is 13.3 Å². The third-order valence-corrected chi connectivity index (χ3v) is 6.57. The lowest BCUT2D eigenvalue weighted by molar-refractivity contribution is 0.116. The Morgan fingerprint density at radius 2 is 2.14 bits per heavy atom. The van der Waals surface area contributed by atoms with Gasteiger partial charge >= 0.3 is 6.43 Å². The van der Waals surface area contributed by atoms with Crippen LogP contribution in [0.15, 0.2) is 34.1 Å². The summed E-state index contributed by atoms with van der Waals surface area (Å²) in [6.07, 6.45) is -2.86. The minimum absolute atomic E-state index is 0.0649. The predicted molar refractivity (Wildman–Crippen MR) is 107 cm³/mol. The summed E-state index contributed by atoms with van der Waals surface area (Å²) in [5.41, 5.74) is 0.719. The fourth-order valence-electron chi connectivity index (χ4n) is 2.36. The van der Waals surface area contributed by atoms with E-state index in [0.717, 1.165) is 0 Å². The maximum atomic E-state index is 12.5. The number of anilines is 2. The van der Waals surface area contributed by atoms with Gasteiger partial charge in [0.15, 0.2) is 5.13 Å². The Bertz CT molecular complexity index is 1070. The first-order chi connectivity index (χ1) is 13.8. The number of benzene rings is 1. The Hall–Kier alpha value is -2.31. The van der Waals surface area contributed by atoms with E-state index in [-0.39, 0.29) is 30.4 Å². The second-order valence-electron chi connectivity index (χ2n) is 5.66. The molecule has 3 aromatic rings. The molecule has 0 amide bonds. The molecule has 0 saturated carbocycles. The molecule has 0 aliphatic carbocycles. The van der Waals surface area contributed by atoms with Crippen molar-refractivity contribution in [3.63, 3.8) is 0 Å². The SMILES string of the molecule is CCS(=O)(=O)N(CCNc1nc(-c2nnc(C(F)F)o2)cs1)c1cccc(Cl)c1. The number of aromatic nitrogens is 3. The Balaban J connectivity index is 1.68. The number of nitrogens with one attached hydrogen (secondary N) is 1. The summed E-state index contributed by atoms with van der Waals surface area (Å²) in [7, 11) is -3.51. The van der Waals surface area contributed by atoms with Gasteiger partial charge in [0.1, 0.15) is 5.69 Å². The molecular formula is C16H16ClF2N5O3S2. The highest BCUT2D eigenvalue weighted by molar-refractivity contribution is 7.92. The van der Waals surface area contributed by atoms with Gasteiger partial charge in [-0.2, -0.15) is 8.78 Å². The fourth-order valence-corrected chi connectivity index (χ4v) is 4.37. The molecule has 1 N–H and O–H groups in total. The summed E-state index contributed by atoms with van der Waals surface area (Å²) < 4.78 is 56.1. The molecule has 0 atom stereocenters. The highest BCUT2D eigenvalue weighted by Crippen LogP contribution is 2.27. The number of halogens is 3. The molecule has 0 aliphatic rings. The minimum atomic E-state index is -3.51. The highest BCUT2D eigenvalue weighted by Gasteiger charge is 2.21. The van der Waals surface area contributed by atoms with Gasteiger partial charge in [-0.25, -0.2) is 13.4 Å². The molecule has 0 unspecified atom stereocenters. The maximum Gasteiger partial charge on any atom is 0.314 e. The lowest BCUT2D eigenvalue weighted by atomic mass is 10.3. The Labute approximate surface area is 174 Å². The first-order valence-electron chi connectivity index (χ1n) is 8.37. The van der Waals surface area contributed by atoms with Crippen molar-refractivity contribution in [3.8, 4) is 11.6 Å².